The Morgan fingerprint density at radius 3 is 2.74 bits per heavy atom. The summed E-state index contributed by atoms with van der Waals surface area (Å²) in [5.74, 6) is -0.143. The number of ether oxygens (including phenoxy) is 1. The summed E-state index contributed by atoms with van der Waals surface area (Å²) in [4.78, 5) is 17.8. The van der Waals surface area contributed by atoms with Crippen LogP contribution in [0.25, 0.3) is 0 Å². The van der Waals surface area contributed by atoms with Crippen molar-refractivity contribution in [1.29, 1.82) is 0 Å². The molecule has 1 atom stereocenters. The molecule has 0 aliphatic carbocycles. The van der Waals surface area contributed by atoms with E-state index in [1.54, 1.807) is 32.9 Å². The second-order valence-corrected chi connectivity index (χ2v) is 9.34. The topological polar surface area (TPSA) is 76.6 Å². The molecule has 0 unspecified atom stereocenters. The molecule has 8 heteroatoms. The smallest absolute Gasteiger partial charge is 0.410 e. The molecule has 0 aromatic carbocycles. The number of hydrogen-bond donors (Lipinski definition) is 0. The van der Waals surface area contributed by atoms with E-state index in [9.17, 15) is 13.2 Å². The maximum Gasteiger partial charge on any atom is 0.410 e. The first-order chi connectivity index (χ1) is 10.6. The summed E-state index contributed by atoms with van der Waals surface area (Å²) in [6.45, 7) is 5.88. The number of halogens is 1. The zero-order chi connectivity index (χ0) is 17.3. The van der Waals surface area contributed by atoms with E-state index in [-0.39, 0.29) is 16.8 Å². The number of rotatable bonds is 3. The summed E-state index contributed by atoms with van der Waals surface area (Å²) in [7, 11) is -3.57. The Morgan fingerprint density at radius 1 is 1.43 bits per heavy atom. The largest absolute Gasteiger partial charge is 0.444 e. The summed E-state index contributed by atoms with van der Waals surface area (Å²) in [6, 6.07) is 4.38. The average Bonchev–Trinajstić information content (AvgIpc) is 2.84. The van der Waals surface area contributed by atoms with Gasteiger partial charge in [0.2, 0.25) is 0 Å². The molecule has 0 saturated carbocycles. The van der Waals surface area contributed by atoms with Crippen LogP contribution in [0.3, 0.4) is 0 Å². The Hall–Kier alpha value is -1.15. The van der Waals surface area contributed by atoms with Crippen molar-refractivity contribution in [3.05, 3.63) is 22.8 Å². The van der Waals surface area contributed by atoms with Crippen molar-refractivity contribution in [3.63, 3.8) is 0 Å². The number of sulfone groups is 1. The van der Waals surface area contributed by atoms with E-state index >= 15 is 0 Å². The van der Waals surface area contributed by atoms with Crippen molar-refractivity contribution in [1.82, 2.24) is 9.88 Å². The van der Waals surface area contributed by atoms with Gasteiger partial charge in [-0.1, -0.05) is 6.07 Å². The molecule has 1 aromatic rings. The lowest BCUT2D eigenvalue weighted by Crippen LogP contribution is -2.42. The number of hydrogen-bond acceptors (Lipinski definition) is 5. The number of amides is 1. The molecule has 1 saturated heterocycles. The third-order valence-electron chi connectivity index (χ3n) is 3.43. The molecular weight excluding hydrogens is 384 g/mol. The molecule has 23 heavy (non-hydrogen) atoms. The van der Waals surface area contributed by atoms with Crippen LogP contribution in [-0.2, 0) is 14.6 Å². The number of aromatic nitrogens is 1. The van der Waals surface area contributed by atoms with E-state index in [1.165, 1.54) is 11.0 Å². The van der Waals surface area contributed by atoms with E-state index < -0.39 is 21.5 Å². The van der Waals surface area contributed by atoms with E-state index in [4.69, 9.17) is 4.74 Å². The van der Waals surface area contributed by atoms with Crippen molar-refractivity contribution in [2.45, 2.75) is 50.3 Å². The van der Waals surface area contributed by atoms with Gasteiger partial charge in [0, 0.05) is 12.6 Å². The highest BCUT2D eigenvalue weighted by atomic mass is 79.9. The number of carbonyl (C=O) groups is 1. The van der Waals surface area contributed by atoms with Crippen LogP contribution in [0.1, 0.15) is 33.6 Å². The fourth-order valence-corrected chi connectivity index (χ4v) is 4.48. The van der Waals surface area contributed by atoms with E-state index in [2.05, 4.69) is 20.9 Å². The predicted octanol–water partition coefficient (Wildman–Crippen LogP) is 3.02. The van der Waals surface area contributed by atoms with Crippen LogP contribution in [-0.4, -0.2) is 48.3 Å². The monoisotopic (exact) mass is 404 g/mol. The minimum absolute atomic E-state index is 0.0166. The number of nitrogens with zero attached hydrogens (tertiary/aromatic N) is 2. The van der Waals surface area contributed by atoms with Gasteiger partial charge in [-0.3, -0.25) is 0 Å². The normalized spacial score (nSPS) is 19.0. The summed E-state index contributed by atoms with van der Waals surface area (Å²) in [5, 5.41) is 0.0166. The van der Waals surface area contributed by atoms with Crippen LogP contribution in [0.2, 0.25) is 0 Å². The minimum Gasteiger partial charge on any atom is -0.444 e. The zero-order valence-electron chi connectivity index (χ0n) is 13.5. The van der Waals surface area contributed by atoms with Gasteiger partial charge in [0.25, 0.3) is 0 Å². The fourth-order valence-electron chi connectivity index (χ4n) is 2.47. The predicted molar refractivity (Wildman–Crippen MR) is 90.0 cm³/mol. The van der Waals surface area contributed by atoms with Crippen LogP contribution in [0.4, 0.5) is 4.79 Å². The standard InChI is InChI=1S/C15H21BrN2O4S/c1-15(2,3)22-14(19)18-9-5-6-11(18)10-23(20,21)13-8-4-7-12(16)17-13/h4,7-8,11H,5-6,9-10H2,1-3H3/t11-/m0/s1. The first kappa shape index (κ1) is 18.2. The van der Waals surface area contributed by atoms with Crippen LogP contribution < -0.4 is 0 Å². The molecule has 0 bridgehead atoms. The first-order valence-corrected chi connectivity index (χ1v) is 9.88. The third kappa shape index (κ3) is 4.91. The van der Waals surface area contributed by atoms with Crippen molar-refractivity contribution in [2.75, 3.05) is 12.3 Å². The molecule has 0 spiro atoms. The number of carbonyl (C=O) groups excluding carboxylic acids is 1. The fraction of sp³-hybridized carbons (Fsp3) is 0.600. The van der Waals surface area contributed by atoms with Gasteiger partial charge in [0.1, 0.15) is 10.2 Å². The minimum atomic E-state index is -3.57. The van der Waals surface area contributed by atoms with Gasteiger partial charge in [-0.2, -0.15) is 0 Å². The highest BCUT2D eigenvalue weighted by molar-refractivity contribution is 9.10. The molecule has 0 N–H and O–H groups in total. The molecular formula is C15H21BrN2O4S. The van der Waals surface area contributed by atoms with Crippen LogP contribution >= 0.6 is 15.9 Å². The lowest BCUT2D eigenvalue weighted by Gasteiger charge is -2.28. The highest BCUT2D eigenvalue weighted by Gasteiger charge is 2.35. The van der Waals surface area contributed by atoms with Gasteiger partial charge in [0.05, 0.1) is 5.75 Å². The Morgan fingerprint density at radius 2 is 2.13 bits per heavy atom. The summed E-state index contributed by atoms with van der Waals surface area (Å²) < 4.78 is 30.9. The van der Waals surface area contributed by atoms with E-state index in [0.717, 1.165) is 6.42 Å². The molecule has 2 heterocycles. The third-order valence-corrected chi connectivity index (χ3v) is 5.56. The van der Waals surface area contributed by atoms with Gasteiger partial charge in [0.15, 0.2) is 14.9 Å². The van der Waals surface area contributed by atoms with Crippen LogP contribution in [0, 0.1) is 0 Å². The van der Waals surface area contributed by atoms with Gasteiger partial charge in [-0.15, -0.1) is 0 Å². The van der Waals surface area contributed by atoms with Gasteiger partial charge >= 0.3 is 6.09 Å². The summed E-state index contributed by atoms with van der Waals surface area (Å²) in [6.07, 6.45) is 0.954. The summed E-state index contributed by atoms with van der Waals surface area (Å²) >= 11 is 3.18. The van der Waals surface area contributed by atoms with Gasteiger partial charge < -0.3 is 9.64 Å². The first-order valence-electron chi connectivity index (χ1n) is 7.43. The lowest BCUT2D eigenvalue weighted by atomic mass is 10.2. The Kier molecular flexibility index (Phi) is 5.35. The molecule has 6 nitrogen and oxygen atoms in total. The maximum absolute atomic E-state index is 12.5. The second-order valence-electron chi connectivity index (χ2n) is 6.55. The molecule has 0 radical (unpaired) electrons. The SMILES string of the molecule is CC(C)(C)OC(=O)N1CCC[C@H]1CS(=O)(=O)c1cccc(Br)n1. The van der Waals surface area contributed by atoms with Gasteiger partial charge in [-0.05, 0) is 61.7 Å². The number of pyridine rings is 1. The lowest BCUT2D eigenvalue weighted by molar-refractivity contribution is 0.0241. The van der Waals surface area contributed by atoms with E-state index in [0.29, 0.717) is 17.6 Å². The molecule has 2 rings (SSSR count). The van der Waals surface area contributed by atoms with Crippen molar-refractivity contribution >= 4 is 31.9 Å². The van der Waals surface area contributed by atoms with Gasteiger partial charge in [-0.25, -0.2) is 18.2 Å². The molecule has 1 aromatic heterocycles. The zero-order valence-corrected chi connectivity index (χ0v) is 15.9. The highest BCUT2D eigenvalue weighted by Crippen LogP contribution is 2.24. The van der Waals surface area contributed by atoms with Crippen LogP contribution in [0.5, 0.6) is 0 Å². The molecule has 1 fully saturated rings. The van der Waals surface area contributed by atoms with Crippen molar-refractivity contribution < 1.29 is 17.9 Å². The van der Waals surface area contributed by atoms with Crippen LogP contribution in [0.15, 0.2) is 27.8 Å². The summed E-state index contributed by atoms with van der Waals surface area (Å²) in [5.41, 5.74) is -0.602. The van der Waals surface area contributed by atoms with E-state index in [1.807, 2.05) is 0 Å². The maximum atomic E-state index is 12.5. The molecule has 1 amide bonds. The van der Waals surface area contributed by atoms with Crippen molar-refractivity contribution in [2.24, 2.45) is 0 Å². The average molecular weight is 405 g/mol. The molecule has 128 valence electrons. The molecule has 1 aliphatic heterocycles. The Balaban J connectivity index is 2.13. The number of likely N-dealkylation sites (tertiary alicyclic amines) is 1. The Labute approximate surface area is 145 Å². The van der Waals surface area contributed by atoms with Crippen molar-refractivity contribution in [3.8, 4) is 0 Å². The quantitative estimate of drug-likeness (QED) is 0.723. The molecule has 1 aliphatic rings. The second kappa shape index (κ2) is 6.76. The Bertz CT molecular complexity index is 685.